The lowest BCUT2D eigenvalue weighted by Crippen LogP contribution is -2.12. The number of hydrogen-bond donors (Lipinski definition) is 1. The lowest BCUT2D eigenvalue weighted by molar-refractivity contribution is 0.102. The fourth-order valence-electron chi connectivity index (χ4n) is 2.09. The van der Waals surface area contributed by atoms with Gasteiger partial charge in [0, 0.05) is 11.3 Å². The van der Waals surface area contributed by atoms with Crippen molar-refractivity contribution in [3.05, 3.63) is 52.5 Å². The third kappa shape index (κ3) is 3.71. The van der Waals surface area contributed by atoms with Crippen molar-refractivity contribution in [2.75, 3.05) is 19.0 Å². The molecule has 0 aliphatic rings. The maximum atomic E-state index is 12.4. The highest BCUT2D eigenvalue weighted by molar-refractivity contribution is 6.32. The van der Waals surface area contributed by atoms with E-state index >= 15 is 0 Å². The van der Waals surface area contributed by atoms with Crippen molar-refractivity contribution in [2.45, 2.75) is 13.8 Å². The quantitative estimate of drug-likeness (QED) is 0.893. The minimum absolute atomic E-state index is 0.254. The summed E-state index contributed by atoms with van der Waals surface area (Å²) in [5.74, 6) is 0.624. The van der Waals surface area contributed by atoms with Crippen LogP contribution in [0.25, 0.3) is 0 Å². The molecular formula is C17H18ClNO3. The number of hydrogen-bond acceptors (Lipinski definition) is 3. The molecule has 5 heteroatoms. The van der Waals surface area contributed by atoms with Crippen LogP contribution >= 0.6 is 11.6 Å². The van der Waals surface area contributed by atoms with Crippen molar-refractivity contribution in [1.29, 1.82) is 0 Å². The fourth-order valence-corrected chi connectivity index (χ4v) is 2.37. The Kier molecular flexibility index (Phi) is 5.28. The van der Waals surface area contributed by atoms with Crippen molar-refractivity contribution in [3.8, 4) is 11.5 Å². The summed E-state index contributed by atoms with van der Waals surface area (Å²) in [6.07, 6.45) is 0. The lowest BCUT2D eigenvalue weighted by atomic mass is 10.1. The van der Waals surface area contributed by atoms with Gasteiger partial charge in [-0.1, -0.05) is 23.7 Å². The first-order valence-electron chi connectivity index (χ1n) is 6.93. The Morgan fingerprint density at radius 2 is 2.05 bits per heavy atom. The van der Waals surface area contributed by atoms with Crippen molar-refractivity contribution in [2.24, 2.45) is 0 Å². The van der Waals surface area contributed by atoms with E-state index < -0.39 is 0 Å². The minimum Gasteiger partial charge on any atom is -0.491 e. The van der Waals surface area contributed by atoms with Crippen LogP contribution in [-0.4, -0.2) is 19.6 Å². The molecule has 0 heterocycles. The maximum Gasteiger partial charge on any atom is 0.255 e. The Hall–Kier alpha value is -2.20. The molecule has 0 unspecified atom stereocenters. The standard InChI is InChI=1S/C17H18ClNO3/c1-4-22-15-10-12(9-14(18)16(15)21-3)17(20)19-13-7-5-6-11(2)8-13/h5-10H,4H2,1-3H3,(H,19,20). The van der Waals surface area contributed by atoms with Crippen LogP contribution in [0.2, 0.25) is 5.02 Å². The molecule has 0 aliphatic carbocycles. The van der Waals surface area contributed by atoms with Gasteiger partial charge < -0.3 is 14.8 Å². The summed E-state index contributed by atoms with van der Waals surface area (Å²) >= 11 is 6.16. The lowest BCUT2D eigenvalue weighted by Gasteiger charge is -2.13. The normalized spacial score (nSPS) is 10.2. The molecule has 0 fully saturated rings. The number of nitrogens with one attached hydrogen (secondary N) is 1. The predicted molar refractivity (Wildman–Crippen MR) is 88.3 cm³/mol. The summed E-state index contributed by atoms with van der Waals surface area (Å²) in [5.41, 5.74) is 2.21. The van der Waals surface area contributed by atoms with Gasteiger partial charge in [0.2, 0.25) is 0 Å². The van der Waals surface area contributed by atoms with Crippen molar-refractivity contribution in [3.63, 3.8) is 0 Å². The summed E-state index contributed by atoms with van der Waals surface area (Å²) in [7, 11) is 1.51. The first kappa shape index (κ1) is 16.2. The zero-order chi connectivity index (χ0) is 16.1. The van der Waals surface area contributed by atoms with Gasteiger partial charge in [-0.2, -0.15) is 0 Å². The van der Waals surface area contributed by atoms with Gasteiger partial charge in [0.1, 0.15) is 0 Å². The molecule has 0 bridgehead atoms. The molecular weight excluding hydrogens is 302 g/mol. The van der Waals surface area contributed by atoms with E-state index in [1.54, 1.807) is 12.1 Å². The molecule has 2 rings (SSSR count). The molecule has 1 N–H and O–H groups in total. The van der Waals surface area contributed by atoms with Crippen LogP contribution in [-0.2, 0) is 0 Å². The van der Waals surface area contributed by atoms with Crippen molar-refractivity contribution >= 4 is 23.2 Å². The van der Waals surface area contributed by atoms with Crippen LogP contribution in [0.15, 0.2) is 36.4 Å². The van der Waals surface area contributed by atoms with E-state index in [0.29, 0.717) is 28.7 Å². The van der Waals surface area contributed by atoms with E-state index in [1.807, 2.05) is 38.1 Å². The molecule has 0 atom stereocenters. The zero-order valence-corrected chi connectivity index (χ0v) is 13.5. The van der Waals surface area contributed by atoms with Gasteiger partial charge in [-0.25, -0.2) is 0 Å². The number of benzene rings is 2. The van der Waals surface area contributed by atoms with Crippen LogP contribution in [0.4, 0.5) is 5.69 Å². The Balaban J connectivity index is 2.29. The summed E-state index contributed by atoms with van der Waals surface area (Å²) in [6, 6.07) is 10.8. The smallest absolute Gasteiger partial charge is 0.255 e. The predicted octanol–water partition coefficient (Wildman–Crippen LogP) is 4.31. The topological polar surface area (TPSA) is 47.6 Å². The largest absolute Gasteiger partial charge is 0.491 e. The highest BCUT2D eigenvalue weighted by Gasteiger charge is 2.15. The average molecular weight is 320 g/mol. The third-order valence-electron chi connectivity index (χ3n) is 3.05. The number of anilines is 1. The second kappa shape index (κ2) is 7.18. The van der Waals surface area contributed by atoms with Crippen LogP contribution in [0, 0.1) is 6.92 Å². The van der Waals surface area contributed by atoms with Crippen LogP contribution < -0.4 is 14.8 Å². The van der Waals surface area contributed by atoms with E-state index in [9.17, 15) is 4.79 Å². The average Bonchev–Trinajstić information content (AvgIpc) is 2.47. The number of carbonyl (C=O) groups is 1. The van der Waals surface area contributed by atoms with Crippen molar-refractivity contribution in [1.82, 2.24) is 0 Å². The SMILES string of the molecule is CCOc1cc(C(=O)Nc2cccc(C)c2)cc(Cl)c1OC. The molecule has 0 spiro atoms. The van der Waals surface area contributed by atoms with Crippen LogP contribution in [0.5, 0.6) is 11.5 Å². The van der Waals surface area contributed by atoms with Gasteiger partial charge in [0.05, 0.1) is 18.7 Å². The molecule has 0 saturated heterocycles. The molecule has 0 aromatic heterocycles. The number of aryl methyl sites for hydroxylation is 1. The van der Waals surface area contributed by atoms with Gasteiger partial charge in [0.25, 0.3) is 5.91 Å². The van der Waals surface area contributed by atoms with E-state index in [4.69, 9.17) is 21.1 Å². The third-order valence-corrected chi connectivity index (χ3v) is 3.33. The first-order valence-corrected chi connectivity index (χ1v) is 7.31. The number of carbonyl (C=O) groups excluding carboxylic acids is 1. The van der Waals surface area contributed by atoms with Gasteiger partial charge in [-0.3, -0.25) is 4.79 Å². The molecule has 116 valence electrons. The number of ether oxygens (including phenoxy) is 2. The minimum atomic E-state index is -0.254. The highest BCUT2D eigenvalue weighted by atomic mass is 35.5. The summed E-state index contributed by atoms with van der Waals surface area (Å²) in [6.45, 7) is 4.27. The molecule has 2 aromatic carbocycles. The molecule has 0 radical (unpaired) electrons. The van der Waals surface area contributed by atoms with E-state index in [-0.39, 0.29) is 5.91 Å². The van der Waals surface area contributed by atoms with Crippen LogP contribution in [0.1, 0.15) is 22.8 Å². The molecule has 1 amide bonds. The second-order valence-corrected chi connectivity index (χ2v) is 5.15. The molecule has 4 nitrogen and oxygen atoms in total. The Morgan fingerprint density at radius 1 is 1.27 bits per heavy atom. The van der Waals surface area contributed by atoms with Crippen LogP contribution in [0.3, 0.4) is 0 Å². The van der Waals surface area contributed by atoms with Gasteiger partial charge in [0.15, 0.2) is 11.5 Å². The molecule has 22 heavy (non-hydrogen) atoms. The summed E-state index contributed by atoms with van der Waals surface area (Å²) < 4.78 is 10.7. The van der Waals surface area contributed by atoms with Gasteiger partial charge >= 0.3 is 0 Å². The molecule has 0 saturated carbocycles. The Bertz CT molecular complexity index is 686. The Morgan fingerprint density at radius 3 is 2.68 bits per heavy atom. The number of halogens is 1. The first-order chi connectivity index (χ1) is 10.5. The van der Waals surface area contributed by atoms with Crippen molar-refractivity contribution < 1.29 is 14.3 Å². The monoisotopic (exact) mass is 319 g/mol. The number of rotatable bonds is 5. The van der Waals surface area contributed by atoms with E-state index in [0.717, 1.165) is 11.3 Å². The zero-order valence-electron chi connectivity index (χ0n) is 12.8. The fraction of sp³-hybridized carbons (Fsp3) is 0.235. The molecule has 0 aliphatic heterocycles. The van der Waals surface area contributed by atoms with E-state index in [1.165, 1.54) is 7.11 Å². The van der Waals surface area contributed by atoms with Gasteiger partial charge in [-0.05, 0) is 43.7 Å². The Labute approximate surface area is 135 Å². The summed E-state index contributed by atoms with van der Waals surface area (Å²) in [4.78, 5) is 12.4. The number of amides is 1. The maximum absolute atomic E-state index is 12.4. The number of methoxy groups -OCH3 is 1. The molecule has 2 aromatic rings. The second-order valence-electron chi connectivity index (χ2n) is 4.75. The summed E-state index contributed by atoms with van der Waals surface area (Å²) in [5, 5.41) is 3.18. The van der Waals surface area contributed by atoms with E-state index in [2.05, 4.69) is 5.32 Å². The highest BCUT2D eigenvalue weighted by Crippen LogP contribution is 2.36. The van der Waals surface area contributed by atoms with Gasteiger partial charge in [-0.15, -0.1) is 0 Å².